The Balaban J connectivity index is 2.14. The molecule has 0 fully saturated rings. The number of rotatable bonds is 9. The standard InChI is InChI=1S/C31H36BOP/c1-8-13-25-16-20(3)30(21(4)17-25)31(33)34(27-14-11-10-12-15-27)24(7)29-22(5)18-26(19-23(29)6)28(32)9-2/h11,14-19,28H,7-9,13,32H2,1-6H3. The third kappa shape index (κ3) is 5.37. The maximum absolute atomic E-state index is 14.3. The molecule has 1 nitrogen and oxygen atoms in total. The molecule has 0 aliphatic carbocycles. The van der Waals surface area contributed by atoms with Crippen molar-refractivity contribution in [3.05, 3.63) is 106 Å². The first-order chi connectivity index (χ1) is 16.2. The number of hydrogen-bond donors (Lipinski definition) is 0. The van der Waals surface area contributed by atoms with Gasteiger partial charge in [-0.2, -0.15) is 0 Å². The Labute approximate surface area is 208 Å². The van der Waals surface area contributed by atoms with E-state index in [1.165, 1.54) is 22.3 Å². The first kappa shape index (κ1) is 26.0. The molecule has 0 radical (unpaired) electrons. The monoisotopic (exact) mass is 466 g/mol. The highest BCUT2D eigenvalue weighted by atomic mass is 31.1. The van der Waals surface area contributed by atoms with Crippen molar-refractivity contribution in [3.8, 4) is 0 Å². The Morgan fingerprint density at radius 2 is 1.56 bits per heavy atom. The summed E-state index contributed by atoms with van der Waals surface area (Å²) in [4.78, 5) is 14.3. The van der Waals surface area contributed by atoms with Crippen LogP contribution >= 0.6 is 7.92 Å². The minimum absolute atomic E-state index is 0.169. The third-order valence-electron chi connectivity index (χ3n) is 6.74. The van der Waals surface area contributed by atoms with Crippen LogP contribution in [-0.4, -0.2) is 13.4 Å². The fraction of sp³-hybridized carbons (Fsp3) is 0.323. The second-order valence-corrected chi connectivity index (χ2v) is 11.6. The molecule has 3 aromatic carbocycles. The first-order valence-electron chi connectivity index (χ1n) is 12.3. The van der Waals surface area contributed by atoms with Gasteiger partial charge in [-0.05, 0) is 102 Å². The van der Waals surface area contributed by atoms with Gasteiger partial charge in [0.15, 0.2) is 5.52 Å². The lowest BCUT2D eigenvalue weighted by molar-refractivity contribution is 0.108. The molecule has 3 heteroatoms. The lowest BCUT2D eigenvalue weighted by Gasteiger charge is -2.25. The van der Waals surface area contributed by atoms with Gasteiger partial charge < -0.3 is 0 Å². The fourth-order valence-electron chi connectivity index (χ4n) is 4.89. The number of hydrogen-bond acceptors (Lipinski definition) is 1. The Hall–Kier alpha value is -2.62. The average molecular weight is 466 g/mol. The van der Waals surface area contributed by atoms with Crippen molar-refractivity contribution in [1.29, 1.82) is 0 Å². The predicted molar refractivity (Wildman–Crippen MR) is 151 cm³/mol. The molecule has 0 amide bonds. The van der Waals surface area contributed by atoms with Crippen LogP contribution in [0, 0.1) is 39.8 Å². The molecule has 0 saturated carbocycles. The summed E-state index contributed by atoms with van der Waals surface area (Å²) in [6.07, 6.45) is 3.23. The van der Waals surface area contributed by atoms with Crippen molar-refractivity contribution in [2.45, 2.75) is 66.6 Å². The topological polar surface area (TPSA) is 17.1 Å². The molecule has 3 rings (SSSR count). The van der Waals surface area contributed by atoms with Crippen LogP contribution in [0.3, 0.4) is 0 Å². The molecule has 0 bridgehead atoms. The smallest absolute Gasteiger partial charge is 0.193 e. The van der Waals surface area contributed by atoms with Gasteiger partial charge in [0, 0.05) is 13.5 Å². The molecule has 2 unspecified atom stereocenters. The van der Waals surface area contributed by atoms with Crippen LogP contribution in [0.25, 0.3) is 5.31 Å². The van der Waals surface area contributed by atoms with E-state index in [4.69, 9.17) is 0 Å². The van der Waals surface area contributed by atoms with Crippen LogP contribution < -0.4 is 5.30 Å². The van der Waals surface area contributed by atoms with E-state index in [0.29, 0.717) is 5.82 Å². The summed E-state index contributed by atoms with van der Waals surface area (Å²) in [6.45, 7) is 17.4. The number of carbonyl (C=O) groups excluding carboxylic acids is 1. The summed E-state index contributed by atoms with van der Waals surface area (Å²) in [6, 6.07) is 20.7. The van der Waals surface area contributed by atoms with Gasteiger partial charge in [0.25, 0.3) is 0 Å². The molecule has 0 aliphatic rings. The summed E-state index contributed by atoms with van der Waals surface area (Å²) >= 11 is 0. The Kier molecular flexibility index (Phi) is 8.57. The van der Waals surface area contributed by atoms with Gasteiger partial charge in [0.05, 0.1) is 0 Å². The second-order valence-electron chi connectivity index (χ2n) is 9.47. The molecule has 34 heavy (non-hydrogen) atoms. The zero-order chi connectivity index (χ0) is 25.0. The van der Waals surface area contributed by atoms with Gasteiger partial charge in [-0.3, -0.25) is 4.79 Å². The van der Waals surface area contributed by atoms with E-state index < -0.39 is 7.92 Å². The largest absolute Gasteiger partial charge is 0.288 e. The maximum atomic E-state index is 14.3. The minimum Gasteiger partial charge on any atom is -0.288 e. The van der Waals surface area contributed by atoms with Gasteiger partial charge in [0.2, 0.25) is 0 Å². The van der Waals surface area contributed by atoms with Crippen LogP contribution in [0.4, 0.5) is 0 Å². The predicted octanol–water partition coefficient (Wildman–Crippen LogP) is 7.18. The Morgan fingerprint density at radius 3 is 2.06 bits per heavy atom. The van der Waals surface area contributed by atoms with Crippen molar-refractivity contribution >= 4 is 31.9 Å². The SMILES string of the molecule is BC(CC)c1cc(C)c(C(=C)P(C(=O)c2c(C)cc(CCC)cc2C)c2cc#ccc2)c(C)c1. The number of carbonyl (C=O) groups is 1. The Bertz CT molecular complexity index is 1150. The molecule has 0 saturated heterocycles. The summed E-state index contributed by atoms with van der Waals surface area (Å²) in [5.41, 5.74) is 9.28. The quantitative estimate of drug-likeness (QED) is 0.241. The van der Waals surface area contributed by atoms with Crippen LogP contribution in [-0.2, 0) is 6.42 Å². The third-order valence-corrected chi connectivity index (χ3v) is 8.93. The molecule has 174 valence electrons. The maximum Gasteiger partial charge on any atom is 0.193 e. The van der Waals surface area contributed by atoms with Crippen LogP contribution in [0.1, 0.15) is 81.8 Å². The summed E-state index contributed by atoms with van der Waals surface area (Å²) in [7, 11) is 0.941. The first-order valence-corrected chi connectivity index (χ1v) is 13.7. The van der Waals surface area contributed by atoms with Gasteiger partial charge >= 0.3 is 0 Å². The van der Waals surface area contributed by atoms with E-state index in [1.807, 2.05) is 18.2 Å². The molecule has 0 aromatic heterocycles. The van der Waals surface area contributed by atoms with Crippen LogP contribution in [0.2, 0.25) is 0 Å². The zero-order valence-corrected chi connectivity index (χ0v) is 22.7. The summed E-state index contributed by atoms with van der Waals surface area (Å²) in [5.74, 6) is 0.508. The highest BCUT2D eigenvalue weighted by molar-refractivity contribution is 7.90. The fourth-order valence-corrected chi connectivity index (χ4v) is 7.25. The second kappa shape index (κ2) is 11.2. The average Bonchev–Trinajstić information content (AvgIpc) is 2.78. The van der Waals surface area contributed by atoms with Gasteiger partial charge in [-0.25, -0.2) is 0 Å². The summed E-state index contributed by atoms with van der Waals surface area (Å²) in [5, 5.41) is 1.90. The van der Waals surface area contributed by atoms with E-state index in [2.05, 4.69) is 92.4 Å². The van der Waals surface area contributed by atoms with E-state index in [9.17, 15) is 4.79 Å². The van der Waals surface area contributed by atoms with Gasteiger partial charge in [0.1, 0.15) is 7.85 Å². The van der Waals surface area contributed by atoms with E-state index >= 15 is 0 Å². The normalized spacial score (nSPS) is 12.6. The number of aryl methyl sites for hydroxylation is 5. The van der Waals surface area contributed by atoms with E-state index in [0.717, 1.165) is 52.1 Å². The molecule has 0 spiro atoms. The lowest BCUT2D eigenvalue weighted by atomic mass is 9.77. The van der Waals surface area contributed by atoms with Crippen molar-refractivity contribution in [3.63, 3.8) is 0 Å². The zero-order valence-electron chi connectivity index (χ0n) is 21.8. The molecule has 0 N–H and O–H groups in total. The molecule has 2 atom stereocenters. The molecule has 0 aliphatic heterocycles. The molecular formula is C31H36BOP. The lowest BCUT2D eigenvalue weighted by Crippen LogP contribution is -2.13. The summed E-state index contributed by atoms with van der Waals surface area (Å²) < 4.78 is 0. The van der Waals surface area contributed by atoms with Gasteiger partial charge in [-0.1, -0.05) is 75.2 Å². The van der Waals surface area contributed by atoms with Crippen molar-refractivity contribution in [1.82, 2.24) is 0 Å². The van der Waals surface area contributed by atoms with Crippen molar-refractivity contribution in [2.24, 2.45) is 0 Å². The van der Waals surface area contributed by atoms with E-state index in [-0.39, 0.29) is 5.52 Å². The van der Waals surface area contributed by atoms with Crippen LogP contribution in [0.5, 0.6) is 0 Å². The highest BCUT2D eigenvalue weighted by Crippen LogP contribution is 2.53. The molecule has 0 heterocycles. The highest BCUT2D eigenvalue weighted by Gasteiger charge is 2.29. The van der Waals surface area contributed by atoms with Crippen molar-refractivity contribution in [2.75, 3.05) is 0 Å². The van der Waals surface area contributed by atoms with Crippen molar-refractivity contribution < 1.29 is 4.79 Å². The minimum atomic E-state index is -1.33. The number of benzene rings is 2. The van der Waals surface area contributed by atoms with Crippen LogP contribution in [0.15, 0.2) is 49.0 Å². The Morgan fingerprint density at radius 1 is 0.971 bits per heavy atom. The molecular weight excluding hydrogens is 430 g/mol. The van der Waals surface area contributed by atoms with E-state index in [1.54, 1.807) is 0 Å². The van der Waals surface area contributed by atoms with Gasteiger partial charge in [-0.15, -0.1) is 0 Å². The molecule has 3 aromatic rings.